The molecular weight excluding hydrogens is 314 g/mol. The molecule has 20 heavy (non-hydrogen) atoms. The second-order valence-electron chi connectivity index (χ2n) is 4.67. The predicted molar refractivity (Wildman–Crippen MR) is 84.7 cm³/mol. The van der Waals surface area contributed by atoms with E-state index in [1.54, 1.807) is 12.4 Å². The van der Waals surface area contributed by atoms with E-state index in [0.717, 1.165) is 37.5 Å². The second-order valence-corrected chi connectivity index (χ2v) is 5.52. The molecule has 96 valence electrons. The minimum atomic E-state index is 0.893. The number of pyridine rings is 1. The predicted octanol–water partition coefficient (Wildman–Crippen LogP) is 5.41. The zero-order chi connectivity index (χ0) is 13.5. The van der Waals surface area contributed by atoms with Gasteiger partial charge in [0.15, 0.2) is 0 Å². The summed E-state index contributed by atoms with van der Waals surface area (Å²) in [6.07, 6.45) is 3.61. The Hall–Kier alpha value is -2.13. The van der Waals surface area contributed by atoms with Crippen LogP contribution >= 0.6 is 15.9 Å². The van der Waals surface area contributed by atoms with Gasteiger partial charge in [-0.05, 0) is 57.4 Å². The summed E-state index contributed by atoms with van der Waals surface area (Å²) < 4.78 is 6.89. The molecule has 0 saturated carbocycles. The number of para-hydroxylation sites is 1. The maximum absolute atomic E-state index is 5.91. The van der Waals surface area contributed by atoms with Crippen molar-refractivity contribution in [1.82, 2.24) is 4.98 Å². The Kier molecular flexibility index (Phi) is 2.60. The van der Waals surface area contributed by atoms with Gasteiger partial charge in [0.05, 0.1) is 4.47 Å². The summed E-state index contributed by atoms with van der Waals surface area (Å²) in [4.78, 5) is 4.07. The van der Waals surface area contributed by atoms with Crippen LogP contribution < -0.4 is 0 Å². The van der Waals surface area contributed by atoms with Gasteiger partial charge in [0.1, 0.15) is 11.2 Å². The largest absolute Gasteiger partial charge is 0.455 e. The van der Waals surface area contributed by atoms with Crippen molar-refractivity contribution in [3.05, 3.63) is 65.4 Å². The quantitative estimate of drug-likeness (QED) is 0.468. The van der Waals surface area contributed by atoms with Gasteiger partial charge in [-0.3, -0.25) is 4.98 Å². The van der Waals surface area contributed by atoms with E-state index in [9.17, 15) is 0 Å². The van der Waals surface area contributed by atoms with Crippen molar-refractivity contribution in [2.75, 3.05) is 0 Å². The summed E-state index contributed by atoms with van der Waals surface area (Å²) in [6, 6.07) is 16.4. The minimum absolute atomic E-state index is 0.893. The maximum atomic E-state index is 5.91. The number of furan rings is 1. The Morgan fingerprint density at radius 1 is 0.850 bits per heavy atom. The van der Waals surface area contributed by atoms with E-state index in [1.807, 2.05) is 30.3 Å². The van der Waals surface area contributed by atoms with E-state index in [1.165, 1.54) is 0 Å². The van der Waals surface area contributed by atoms with Gasteiger partial charge >= 0.3 is 0 Å². The smallest absolute Gasteiger partial charge is 0.149 e. The lowest BCUT2D eigenvalue weighted by atomic mass is 10.0. The number of aromatic nitrogens is 1. The van der Waals surface area contributed by atoms with E-state index in [-0.39, 0.29) is 0 Å². The zero-order valence-corrected chi connectivity index (χ0v) is 12.1. The zero-order valence-electron chi connectivity index (χ0n) is 10.5. The first-order valence-electron chi connectivity index (χ1n) is 6.34. The molecule has 0 amide bonds. The molecule has 2 nitrogen and oxygen atoms in total. The topological polar surface area (TPSA) is 26.0 Å². The van der Waals surface area contributed by atoms with E-state index in [2.05, 4.69) is 39.1 Å². The first-order valence-corrected chi connectivity index (χ1v) is 7.13. The molecule has 0 radical (unpaired) electrons. The van der Waals surface area contributed by atoms with Gasteiger partial charge in [0, 0.05) is 23.2 Å². The molecule has 0 fully saturated rings. The lowest BCUT2D eigenvalue weighted by molar-refractivity contribution is 0.667. The minimum Gasteiger partial charge on any atom is -0.455 e. The summed E-state index contributed by atoms with van der Waals surface area (Å²) in [7, 11) is 0. The fourth-order valence-corrected chi connectivity index (χ4v) is 3.04. The van der Waals surface area contributed by atoms with Crippen LogP contribution in [0.25, 0.3) is 33.1 Å². The number of nitrogens with zero attached hydrogens (tertiary/aromatic N) is 1. The van der Waals surface area contributed by atoms with Crippen LogP contribution in [0.4, 0.5) is 0 Å². The Balaban J connectivity index is 2.08. The summed E-state index contributed by atoms with van der Waals surface area (Å²) in [6.45, 7) is 0. The molecule has 0 atom stereocenters. The fourth-order valence-electron chi connectivity index (χ4n) is 2.50. The maximum Gasteiger partial charge on any atom is 0.149 e. The molecule has 0 spiro atoms. The summed E-state index contributed by atoms with van der Waals surface area (Å²) in [5, 5.41) is 2.26. The van der Waals surface area contributed by atoms with Crippen molar-refractivity contribution in [2.45, 2.75) is 0 Å². The first-order chi connectivity index (χ1) is 9.83. The molecule has 2 heterocycles. The normalized spacial score (nSPS) is 11.2. The van der Waals surface area contributed by atoms with Crippen molar-refractivity contribution >= 4 is 37.9 Å². The monoisotopic (exact) mass is 323 g/mol. The van der Waals surface area contributed by atoms with Crippen molar-refractivity contribution in [3.63, 3.8) is 0 Å². The van der Waals surface area contributed by atoms with Crippen LogP contribution in [0.3, 0.4) is 0 Å². The highest BCUT2D eigenvalue weighted by molar-refractivity contribution is 9.10. The van der Waals surface area contributed by atoms with Gasteiger partial charge < -0.3 is 4.42 Å². The lowest BCUT2D eigenvalue weighted by Crippen LogP contribution is -1.79. The third-order valence-corrected chi connectivity index (χ3v) is 4.04. The van der Waals surface area contributed by atoms with E-state index >= 15 is 0 Å². The van der Waals surface area contributed by atoms with Crippen molar-refractivity contribution < 1.29 is 4.42 Å². The Morgan fingerprint density at radius 2 is 1.65 bits per heavy atom. The van der Waals surface area contributed by atoms with Gasteiger partial charge in [-0.25, -0.2) is 0 Å². The third kappa shape index (κ3) is 1.74. The van der Waals surface area contributed by atoms with Crippen molar-refractivity contribution in [2.24, 2.45) is 0 Å². The van der Waals surface area contributed by atoms with Gasteiger partial charge in [-0.1, -0.05) is 18.2 Å². The Bertz CT molecular complexity index is 912. The molecule has 0 N–H and O–H groups in total. The summed E-state index contributed by atoms with van der Waals surface area (Å²) >= 11 is 3.61. The molecule has 0 aliphatic heterocycles. The molecule has 3 heteroatoms. The van der Waals surface area contributed by atoms with Crippen LogP contribution in [0.1, 0.15) is 0 Å². The Morgan fingerprint density at radius 3 is 2.50 bits per heavy atom. The van der Waals surface area contributed by atoms with Gasteiger partial charge in [0.2, 0.25) is 0 Å². The number of hydrogen-bond acceptors (Lipinski definition) is 2. The van der Waals surface area contributed by atoms with Gasteiger partial charge in [-0.2, -0.15) is 0 Å². The van der Waals surface area contributed by atoms with Crippen molar-refractivity contribution in [1.29, 1.82) is 0 Å². The van der Waals surface area contributed by atoms with E-state index in [4.69, 9.17) is 4.42 Å². The standard InChI is InChI=1S/C17H10BrNO/c18-15-10-12(11-5-7-19-8-6-11)9-14-13-3-1-2-4-16(13)20-17(14)15/h1-10H. The number of hydrogen-bond donors (Lipinski definition) is 0. The molecule has 0 unspecified atom stereocenters. The molecule has 0 aliphatic carbocycles. The number of halogens is 1. The van der Waals surface area contributed by atoms with Crippen LogP contribution in [0.2, 0.25) is 0 Å². The Labute approximate surface area is 124 Å². The molecular formula is C17H10BrNO. The molecule has 4 rings (SSSR count). The average molecular weight is 324 g/mol. The van der Waals surface area contributed by atoms with Crippen LogP contribution in [0.5, 0.6) is 0 Å². The number of benzene rings is 2. The van der Waals surface area contributed by atoms with Gasteiger partial charge in [-0.15, -0.1) is 0 Å². The SMILES string of the molecule is Brc1cc(-c2ccncc2)cc2c1oc1ccccc12. The van der Waals surface area contributed by atoms with Crippen LogP contribution in [-0.2, 0) is 0 Å². The summed E-state index contributed by atoms with van der Waals surface area (Å²) in [5.41, 5.74) is 4.10. The molecule has 4 aromatic rings. The number of rotatable bonds is 1. The van der Waals surface area contributed by atoms with Crippen LogP contribution in [0, 0.1) is 0 Å². The lowest BCUT2D eigenvalue weighted by Gasteiger charge is -2.02. The van der Waals surface area contributed by atoms with Crippen molar-refractivity contribution in [3.8, 4) is 11.1 Å². The number of fused-ring (bicyclic) bond motifs is 3. The molecule has 0 saturated heterocycles. The average Bonchev–Trinajstić information content (AvgIpc) is 2.88. The van der Waals surface area contributed by atoms with Gasteiger partial charge in [0.25, 0.3) is 0 Å². The molecule has 2 aromatic heterocycles. The fraction of sp³-hybridized carbons (Fsp3) is 0. The van der Waals surface area contributed by atoms with E-state index in [0.29, 0.717) is 0 Å². The first kappa shape index (κ1) is 11.7. The molecule has 0 bridgehead atoms. The summed E-state index contributed by atoms with van der Waals surface area (Å²) in [5.74, 6) is 0. The second kappa shape index (κ2) is 4.46. The van der Waals surface area contributed by atoms with Crippen LogP contribution in [-0.4, -0.2) is 4.98 Å². The highest BCUT2D eigenvalue weighted by atomic mass is 79.9. The highest BCUT2D eigenvalue weighted by Crippen LogP contribution is 2.36. The van der Waals surface area contributed by atoms with Crippen LogP contribution in [0.15, 0.2) is 69.8 Å². The van der Waals surface area contributed by atoms with E-state index < -0.39 is 0 Å². The third-order valence-electron chi connectivity index (χ3n) is 3.45. The molecule has 0 aliphatic rings. The highest BCUT2D eigenvalue weighted by Gasteiger charge is 2.11. The molecule has 2 aromatic carbocycles.